The number of aliphatic imine (C=N–C) groups is 1. The van der Waals surface area contributed by atoms with E-state index in [1.807, 2.05) is 13.8 Å². The number of halogens is 1. The first-order chi connectivity index (χ1) is 5.52. The van der Waals surface area contributed by atoms with Crippen molar-refractivity contribution >= 4 is 17.4 Å². The molecule has 0 aromatic heterocycles. The third-order valence-electron chi connectivity index (χ3n) is 1.62. The van der Waals surface area contributed by atoms with Crippen molar-refractivity contribution in [1.29, 1.82) is 0 Å². The van der Waals surface area contributed by atoms with Crippen LogP contribution in [0.25, 0.3) is 0 Å². The average molecular weight is 190 g/mol. The molecule has 5 heteroatoms. The lowest BCUT2D eigenvalue weighted by Gasteiger charge is -2.30. The van der Waals surface area contributed by atoms with Crippen molar-refractivity contribution in [2.75, 3.05) is 0 Å². The van der Waals surface area contributed by atoms with Gasteiger partial charge in [0.1, 0.15) is 5.84 Å². The lowest BCUT2D eigenvalue weighted by atomic mass is 10.3. The predicted octanol–water partition coefficient (Wildman–Crippen LogP) is 0.424. The number of hydrogen-bond donors (Lipinski definition) is 2. The number of rotatable bonds is 1. The van der Waals surface area contributed by atoms with Crippen molar-refractivity contribution < 1.29 is 5.11 Å². The highest BCUT2D eigenvalue weighted by molar-refractivity contribution is 6.42. The summed E-state index contributed by atoms with van der Waals surface area (Å²) in [6, 6.07) is 0.144. The number of aliphatic hydroxyl groups is 1. The minimum atomic E-state index is -0.910. The Morgan fingerprint density at radius 3 is 2.83 bits per heavy atom. The average Bonchev–Trinajstić information content (AvgIpc) is 1.96. The van der Waals surface area contributed by atoms with Crippen molar-refractivity contribution in [3.05, 3.63) is 11.2 Å². The van der Waals surface area contributed by atoms with Crippen LogP contribution in [-0.2, 0) is 0 Å². The second-order valence-electron chi connectivity index (χ2n) is 2.88. The van der Waals surface area contributed by atoms with Crippen molar-refractivity contribution in [3.63, 3.8) is 0 Å². The lowest BCUT2D eigenvalue weighted by molar-refractivity contribution is 0.0247. The molecule has 1 atom stereocenters. The van der Waals surface area contributed by atoms with Gasteiger partial charge in [0.25, 0.3) is 0 Å². The van der Waals surface area contributed by atoms with Gasteiger partial charge < -0.3 is 15.7 Å². The first kappa shape index (κ1) is 9.35. The van der Waals surface area contributed by atoms with Gasteiger partial charge in [-0.1, -0.05) is 11.6 Å². The molecular weight excluding hydrogens is 178 g/mol. The summed E-state index contributed by atoms with van der Waals surface area (Å²) in [5, 5.41) is 9.75. The van der Waals surface area contributed by atoms with Crippen LogP contribution in [0.15, 0.2) is 16.2 Å². The largest absolute Gasteiger partial charge is 0.383 e. The van der Waals surface area contributed by atoms with E-state index in [0.29, 0.717) is 5.03 Å². The summed E-state index contributed by atoms with van der Waals surface area (Å²) in [4.78, 5) is 5.37. The molecule has 0 aromatic rings. The normalized spacial score (nSPS) is 24.1. The second kappa shape index (κ2) is 3.33. The molecule has 3 N–H and O–H groups in total. The van der Waals surface area contributed by atoms with Gasteiger partial charge in [0.05, 0.1) is 5.03 Å². The summed E-state index contributed by atoms with van der Waals surface area (Å²) >= 11 is 5.72. The maximum Gasteiger partial charge on any atom is 0.227 e. The van der Waals surface area contributed by atoms with Crippen LogP contribution in [0, 0.1) is 0 Å². The van der Waals surface area contributed by atoms with Crippen LogP contribution in [0.1, 0.15) is 13.8 Å². The molecule has 4 nitrogen and oxygen atoms in total. The van der Waals surface area contributed by atoms with Gasteiger partial charge in [0, 0.05) is 12.2 Å². The highest BCUT2D eigenvalue weighted by Crippen LogP contribution is 2.16. The Morgan fingerprint density at radius 2 is 2.33 bits per heavy atom. The minimum absolute atomic E-state index is 0.144. The van der Waals surface area contributed by atoms with Gasteiger partial charge in [0.15, 0.2) is 0 Å². The van der Waals surface area contributed by atoms with Gasteiger partial charge in [0.2, 0.25) is 6.35 Å². The second-order valence-corrected chi connectivity index (χ2v) is 3.29. The van der Waals surface area contributed by atoms with Gasteiger partial charge in [-0.25, -0.2) is 4.99 Å². The smallest absolute Gasteiger partial charge is 0.227 e. The van der Waals surface area contributed by atoms with Crippen molar-refractivity contribution in [3.8, 4) is 0 Å². The monoisotopic (exact) mass is 189 g/mol. The Balaban J connectivity index is 2.84. The molecule has 1 rings (SSSR count). The molecule has 0 aromatic carbocycles. The van der Waals surface area contributed by atoms with E-state index >= 15 is 0 Å². The zero-order valence-electron chi connectivity index (χ0n) is 7.03. The van der Waals surface area contributed by atoms with Crippen molar-refractivity contribution in [2.45, 2.75) is 26.2 Å². The van der Waals surface area contributed by atoms with E-state index in [1.165, 1.54) is 0 Å². The third-order valence-corrected chi connectivity index (χ3v) is 1.92. The molecule has 0 aliphatic carbocycles. The summed E-state index contributed by atoms with van der Waals surface area (Å²) in [6.45, 7) is 3.86. The van der Waals surface area contributed by atoms with Gasteiger partial charge >= 0.3 is 0 Å². The van der Waals surface area contributed by atoms with E-state index in [4.69, 9.17) is 17.3 Å². The summed E-state index contributed by atoms with van der Waals surface area (Å²) in [5.74, 6) is 0.182. The maximum atomic E-state index is 9.38. The van der Waals surface area contributed by atoms with Gasteiger partial charge in [-0.3, -0.25) is 0 Å². The lowest BCUT2D eigenvalue weighted by Crippen LogP contribution is -2.39. The van der Waals surface area contributed by atoms with Crippen LogP contribution in [-0.4, -0.2) is 28.2 Å². The Kier molecular flexibility index (Phi) is 2.59. The Hall–Kier alpha value is -0.740. The molecular formula is C7H12ClN3O. The molecule has 1 aliphatic rings. The summed E-state index contributed by atoms with van der Waals surface area (Å²) < 4.78 is 0. The summed E-state index contributed by atoms with van der Waals surface area (Å²) in [6.07, 6.45) is 0.687. The van der Waals surface area contributed by atoms with E-state index in [1.54, 1.807) is 11.1 Å². The SMILES string of the molecule is CC(C)N1C=C(Cl)C(N)=NC1O. The first-order valence-electron chi connectivity index (χ1n) is 3.69. The fourth-order valence-corrected chi connectivity index (χ4v) is 1.09. The van der Waals surface area contributed by atoms with Crippen molar-refractivity contribution in [1.82, 2.24) is 4.90 Å². The van der Waals surface area contributed by atoms with Gasteiger partial charge in [-0.05, 0) is 13.8 Å². The number of nitrogens with two attached hydrogens (primary N) is 1. The molecule has 0 radical (unpaired) electrons. The minimum Gasteiger partial charge on any atom is -0.383 e. The standard InChI is InChI=1S/C7H12ClN3O/c1-4(2)11-3-5(8)6(9)10-7(11)12/h3-4,7,12H,1-2H3,(H2,9,10). The van der Waals surface area contributed by atoms with E-state index in [9.17, 15) is 5.11 Å². The number of hydrogen-bond acceptors (Lipinski definition) is 4. The molecule has 1 heterocycles. The van der Waals surface area contributed by atoms with Crippen LogP contribution >= 0.6 is 11.6 Å². The number of aliphatic hydroxyl groups excluding tert-OH is 1. The van der Waals surface area contributed by atoms with E-state index in [-0.39, 0.29) is 11.9 Å². The molecule has 1 unspecified atom stereocenters. The van der Waals surface area contributed by atoms with Gasteiger partial charge in [-0.2, -0.15) is 0 Å². The fraction of sp³-hybridized carbons (Fsp3) is 0.571. The molecule has 12 heavy (non-hydrogen) atoms. The molecule has 0 saturated heterocycles. The quantitative estimate of drug-likeness (QED) is 0.629. The summed E-state index contributed by atoms with van der Waals surface area (Å²) in [5.41, 5.74) is 5.39. The third kappa shape index (κ3) is 1.70. The molecule has 1 aliphatic heterocycles. The fourth-order valence-electron chi connectivity index (χ4n) is 0.932. The van der Waals surface area contributed by atoms with Crippen LogP contribution < -0.4 is 5.73 Å². The van der Waals surface area contributed by atoms with Crippen LogP contribution in [0.2, 0.25) is 0 Å². The Bertz CT molecular complexity index is 237. The number of amidine groups is 1. The van der Waals surface area contributed by atoms with Crippen LogP contribution in [0.3, 0.4) is 0 Å². The van der Waals surface area contributed by atoms with E-state index in [2.05, 4.69) is 4.99 Å². The Morgan fingerprint density at radius 1 is 1.75 bits per heavy atom. The topological polar surface area (TPSA) is 61.8 Å². The van der Waals surface area contributed by atoms with Crippen molar-refractivity contribution in [2.24, 2.45) is 10.7 Å². The van der Waals surface area contributed by atoms with E-state index in [0.717, 1.165) is 0 Å². The van der Waals surface area contributed by atoms with Crippen LogP contribution in [0.5, 0.6) is 0 Å². The zero-order chi connectivity index (χ0) is 9.30. The predicted molar refractivity (Wildman–Crippen MR) is 48.5 cm³/mol. The highest BCUT2D eigenvalue weighted by Gasteiger charge is 2.20. The first-order valence-corrected chi connectivity index (χ1v) is 4.06. The molecule has 0 amide bonds. The number of nitrogens with zero attached hydrogens (tertiary/aromatic N) is 2. The zero-order valence-corrected chi connectivity index (χ0v) is 7.78. The van der Waals surface area contributed by atoms with E-state index < -0.39 is 6.35 Å². The maximum absolute atomic E-state index is 9.38. The van der Waals surface area contributed by atoms with Gasteiger partial charge in [-0.15, -0.1) is 0 Å². The molecule has 0 saturated carbocycles. The molecule has 0 spiro atoms. The summed E-state index contributed by atoms with van der Waals surface area (Å²) in [7, 11) is 0. The molecule has 0 fully saturated rings. The van der Waals surface area contributed by atoms with Crippen LogP contribution in [0.4, 0.5) is 0 Å². The Labute approximate surface area is 76.3 Å². The molecule has 68 valence electrons. The highest BCUT2D eigenvalue weighted by atomic mass is 35.5. The molecule has 0 bridgehead atoms.